The van der Waals surface area contributed by atoms with Crippen LogP contribution in [0.15, 0.2) is 0 Å². The molecule has 1 aliphatic carbocycles. The molecule has 0 aromatic carbocycles. The van der Waals surface area contributed by atoms with Crippen molar-refractivity contribution in [2.75, 3.05) is 20.1 Å². The Morgan fingerprint density at radius 1 is 1.17 bits per heavy atom. The van der Waals surface area contributed by atoms with E-state index >= 15 is 0 Å². The molecule has 1 atom stereocenters. The normalized spacial score (nSPS) is 22.7. The first-order chi connectivity index (χ1) is 8.14. The van der Waals surface area contributed by atoms with Crippen LogP contribution in [0.1, 0.15) is 53.9 Å². The van der Waals surface area contributed by atoms with E-state index in [2.05, 4.69) is 18.9 Å². The Morgan fingerprint density at radius 3 is 1.67 bits per heavy atom. The number of hydrogen-bond donors (Lipinski definition) is 0. The summed E-state index contributed by atoms with van der Waals surface area (Å²) in [5, 5.41) is 8.25. The van der Waals surface area contributed by atoms with Gasteiger partial charge in [0.2, 0.25) is 0 Å². The third kappa shape index (κ3) is 8.52. The zero-order valence-corrected chi connectivity index (χ0v) is 15.5. The van der Waals surface area contributed by atoms with Gasteiger partial charge in [0, 0.05) is 6.47 Å². The fourth-order valence-corrected chi connectivity index (χ4v) is 2.31. The average molecular weight is 267 g/mol. The van der Waals surface area contributed by atoms with Crippen LogP contribution < -0.4 is 34.7 Å². The molecular weight excluding hydrogens is 237 g/mol. The molecule has 1 spiro atoms. The van der Waals surface area contributed by atoms with E-state index in [1.807, 2.05) is 27.7 Å². The van der Waals surface area contributed by atoms with Crippen molar-refractivity contribution in [1.82, 2.24) is 4.90 Å². The summed E-state index contributed by atoms with van der Waals surface area (Å²) in [6.07, 6.45) is 4.44. The number of likely N-dealkylation sites (tertiary alicyclic amines) is 1. The van der Waals surface area contributed by atoms with Crippen LogP contribution >= 0.6 is 0 Å². The van der Waals surface area contributed by atoms with E-state index in [4.69, 9.17) is 9.90 Å². The third-order valence-electron chi connectivity index (χ3n) is 3.58. The second-order valence-corrected chi connectivity index (χ2v) is 4.37. The molecule has 0 aromatic heterocycles. The number of carbonyl (C=O) groups is 1. The molecule has 2 fully saturated rings. The van der Waals surface area contributed by atoms with Gasteiger partial charge in [0.25, 0.3) is 0 Å². The number of carbonyl (C=O) groups excluding carboxylic acids is 1. The van der Waals surface area contributed by atoms with Gasteiger partial charge < -0.3 is 14.8 Å². The Kier molecular flexibility index (Phi) is 18.1. The van der Waals surface area contributed by atoms with E-state index in [0.29, 0.717) is 0 Å². The molecule has 0 bridgehead atoms. The summed E-state index contributed by atoms with van der Waals surface area (Å²) in [7, 11) is 2.24. The summed E-state index contributed by atoms with van der Waals surface area (Å²) in [5.41, 5.74) is 0.826. The molecule has 0 radical (unpaired) electrons. The molecule has 0 amide bonds. The van der Waals surface area contributed by atoms with Crippen LogP contribution in [-0.2, 0) is 4.79 Å². The molecule has 104 valence electrons. The minimum Gasteiger partial charge on any atom is -0.554 e. The average Bonchev–Trinajstić information content (AvgIpc) is 3.00. The Morgan fingerprint density at radius 2 is 1.44 bits per heavy atom. The SMILES string of the molecule is CC.CC.CC1CC12CCN(C)CC2.O=C[O-].[Na+]. The molecule has 0 N–H and O–H groups in total. The van der Waals surface area contributed by atoms with Crippen LogP contribution in [0, 0.1) is 11.3 Å². The summed E-state index contributed by atoms with van der Waals surface area (Å²) in [5.74, 6) is 1.04. The Hall–Kier alpha value is 0.430. The van der Waals surface area contributed by atoms with Crippen LogP contribution in [0.5, 0.6) is 0 Å². The van der Waals surface area contributed by atoms with Crippen LogP contribution in [0.3, 0.4) is 0 Å². The van der Waals surface area contributed by atoms with Gasteiger partial charge in [-0.05, 0) is 50.7 Å². The van der Waals surface area contributed by atoms with E-state index < -0.39 is 6.47 Å². The van der Waals surface area contributed by atoms with Gasteiger partial charge in [-0.1, -0.05) is 34.6 Å². The summed E-state index contributed by atoms with van der Waals surface area (Å²) in [6, 6.07) is 0. The van der Waals surface area contributed by atoms with Crippen molar-refractivity contribution < 1.29 is 39.5 Å². The van der Waals surface area contributed by atoms with Gasteiger partial charge in [0.05, 0.1) is 0 Å². The van der Waals surface area contributed by atoms with Crippen molar-refractivity contribution >= 4 is 6.47 Å². The number of piperidine rings is 1. The second kappa shape index (κ2) is 13.9. The van der Waals surface area contributed by atoms with Gasteiger partial charge in [0.15, 0.2) is 0 Å². The maximum Gasteiger partial charge on any atom is 1.00 e. The van der Waals surface area contributed by atoms with Crippen molar-refractivity contribution in [3.8, 4) is 0 Å². The van der Waals surface area contributed by atoms with Gasteiger partial charge in [0.1, 0.15) is 0 Å². The zero-order chi connectivity index (χ0) is 13.9. The Bertz CT molecular complexity index is 181. The van der Waals surface area contributed by atoms with Gasteiger partial charge in [-0.3, -0.25) is 0 Å². The molecule has 1 saturated carbocycles. The van der Waals surface area contributed by atoms with Crippen LogP contribution in [0.4, 0.5) is 0 Å². The molecule has 18 heavy (non-hydrogen) atoms. The molecule has 2 rings (SSSR count). The molecule has 0 aromatic rings. The minimum absolute atomic E-state index is 0. The first kappa shape index (κ1) is 23.5. The van der Waals surface area contributed by atoms with Crippen molar-refractivity contribution in [3.05, 3.63) is 0 Å². The predicted molar refractivity (Wildman–Crippen MR) is 71.7 cm³/mol. The fraction of sp³-hybridized carbons (Fsp3) is 0.929. The zero-order valence-electron chi connectivity index (χ0n) is 13.5. The van der Waals surface area contributed by atoms with Crippen LogP contribution in [-0.4, -0.2) is 31.5 Å². The van der Waals surface area contributed by atoms with Crippen molar-refractivity contribution in [1.29, 1.82) is 0 Å². The fourth-order valence-electron chi connectivity index (χ4n) is 2.31. The van der Waals surface area contributed by atoms with Gasteiger partial charge >= 0.3 is 29.6 Å². The van der Waals surface area contributed by atoms with Gasteiger partial charge in [-0.2, -0.15) is 0 Å². The molecule has 1 unspecified atom stereocenters. The largest absolute Gasteiger partial charge is 1.00 e. The quantitative estimate of drug-likeness (QED) is 0.425. The maximum atomic E-state index is 8.25. The predicted octanol–water partition coefficient (Wildman–Crippen LogP) is -0.839. The van der Waals surface area contributed by atoms with Crippen molar-refractivity contribution in [2.45, 2.75) is 53.9 Å². The molecule has 1 aliphatic heterocycles. The van der Waals surface area contributed by atoms with E-state index in [1.165, 1.54) is 32.4 Å². The topological polar surface area (TPSA) is 43.4 Å². The van der Waals surface area contributed by atoms with Crippen LogP contribution in [0.2, 0.25) is 0 Å². The number of nitrogens with zero attached hydrogens (tertiary/aromatic N) is 1. The van der Waals surface area contributed by atoms with E-state index in [9.17, 15) is 0 Å². The van der Waals surface area contributed by atoms with E-state index in [0.717, 1.165) is 11.3 Å². The first-order valence-corrected chi connectivity index (χ1v) is 6.89. The summed E-state index contributed by atoms with van der Waals surface area (Å²) in [4.78, 5) is 10.7. The molecule has 1 saturated heterocycles. The minimum atomic E-state index is -0.500. The van der Waals surface area contributed by atoms with Crippen molar-refractivity contribution in [2.24, 2.45) is 11.3 Å². The van der Waals surface area contributed by atoms with Crippen molar-refractivity contribution in [3.63, 3.8) is 0 Å². The maximum absolute atomic E-state index is 8.25. The molecule has 4 heteroatoms. The van der Waals surface area contributed by atoms with Crippen LogP contribution in [0.25, 0.3) is 0 Å². The smallest absolute Gasteiger partial charge is 0.554 e. The van der Waals surface area contributed by atoms with Gasteiger partial charge in [-0.25, -0.2) is 0 Å². The number of carboxylic acid groups (broad SMARTS) is 1. The third-order valence-corrected chi connectivity index (χ3v) is 3.58. The Labute approximate surface area is 136 Å². The second-order valence-electron chi connectivity index (χ2n) is 4.37. The monoisotopic (exact) mass is 267 g/mol. The van der Waals surface area contributed by atoms with Gasteiger partial charge in [-0.15, -0.1) is 0 Å². The molecule has 2 aliphatic rings. The number of hydrogen-bond acceptors (Lipinski definition) is 3. The molecule has 1 heterocycles. The number of rotatable bonds is 0. The summed E-state index contributed by atoms with van der Waals surface area (Å²) in [6.45, 7) is 12.6. The molecule has 3 nitrogen and oxygen atoms in total. The summed E-state index contributed by atoms with van der Waals surface area (Å²) < 4.78 is 0. The van der Waals surface area contributed by atoms with E-state index in [-0.39, 0.29) is 29.6 Å². The standard InChI is InChI=1S/C9H17N.2C2H6.CH2O2.Na/c1-8-7-9(8)3-5-10(2)6-4-9;2*1-2;2-1-3;/h8H,3-7H2,1-2H3;2*1-2H3;1H,(H,2,3);/q;;;;+1/p-1. The summed E-state index contributed by atoms with van der Waals surface area (Å²) >= 11 is 0. The first-order valence-electron chi connectivity index (χ1n) is 6.89. The Balaban J connectivity index is -0.000000245. The molecular formula is C14H30NNaO2. The van der Waals surface area contributed by atoms with E-state index in [1.54, 1.807) is 0 Å².